The molecule has 0 amide bonds. The quantitative estimate of drug-likeness (QED) is 0.279. The van der Waals surface area contributed by atoms with E-state index in [-0.39, 0.29) is 17.8 Å². The first-order valence-electron chi connectivity index (χ1n) is 11.9. The van der Waals surface area contributed by atoms with Gasteiger partial charge in [-0.2, -0.15) is 13.2 Å². The molecule has 0 aliphatic carbocycles. The lowest BCUT2D eigenvalue weighted by Crippen LogP contribution is -2.39. The second kappa shape index (κ2) is 9.82. The minimum Gasteiger partial charge on any atom is -0.486 e. The summed E-state index contributed by atoms with van der Waals surface area (Å²) in [5, 5.41) is 5.94. The summed E-state index contributed by atoms with van der Waals surface area (Å²) in [6.45, 7) is 3.12. The van der Waals surface area contributed by atoms with E-state index in [9.17, 15) is 17.6 Å². The highest BCUT2D eigenvalue weighted by molar-refractivity contribution is 5.86. The molecule has 1 aliphatic rings. The highest BCUT2D eigenvalue weighted by Gasteiger charge is 2.35. The zero-order valence-corrected chi connectivity index (χ0v) is 19.7. The van der Waals surface area contributed by atoms with Crippen LogP contribution in [-0.2, 0) is 6.18 Å². The first-order valence-corrected chi connectivity index (χ1v) is 11.9. The molecule has 5 rings (SSSR count). The molecule has 36 heavy (non-hydrogen) atoms. The van der Waals surface area contributed by atoms with E-state index in [0.29, 0.717) is 30.9 Å². The molecule has 0 saturated heterocycles. The average Bonchev–Trinajstić information content (AvgIpc) is 2.87. The third-order valence-corrected chi connectivity index (χ3v) is 6.61. The van der Waals surface area contributed by atoms with Crippen molar-refractivity contribution in [1.29, 1.82) is 0 Å². The van der Waals surface area contributed by atoms with Gasteiger partial charge >= 0.3 is 6.18 Å². The zero-order chi connectivity index (χ0) is 25.3. The van der Waals surface area contributed by atoms with Crippen molar-refractivity contribution in [3.05, 3.63) is 102 Å². The van der Waals surface area contributed by atoms with Crippen LogP contribution in [0.25, 0.3) is 10.8 Å². The fraction of sp³-hybridized carbons (Fsp3) is 0.241. The summed E-state index contributed by atoms with van der Waals surface area (Å²) in [5.74, 6) is -0.690. The molecule has 0 fully saturated rings. The lowest BCUT2D eigenvalue weighted by atomic mass is 9.99. The Kier molecular flexibility index (Phi) is 6.58. The van der Waals surface area contributed by atoms with Crippen molar-refractivity contribution in [2.45, 2.75) is 31.7 Å². The second-order valence-corrected chi connectivity index (χ2v) is 9.01. The first kappa shape index (κ1) is 24.1. The standard InChI is InChI=1S/C29H26F4N2O/c1-19(23-10-6-8-20-7-2-3-9-24(20)23)34-16-15-22-18-35(27-11-4-5-12-28(27)36-22)21-13-14-26(30)25(17-21)29(31,32)33/h2-14,17,19,22,34H,15-16,18H2,1H3. The maximum atomic E-state index is 13.9. The van der Waals surface area contributed by atoms with Crippen LogP contribution in [0.2, 0.25) is 0 Å². The van der Waals surface area contributed by atoms with E-state index in [2.05, 4.69) is 36.5 Å². The Balaban J connectivity index is 1.32. The van der Waals surface area contributed by atoms with Crippen LogP contribution in [0, 0.1) is 5.82 Å². The second-order valence-electron chi connectivity index (χ2n) is 9.01. The Bertz CT molecular complexity index is 1370. The van der Waals surface area contributed by atoms with Crippen molar-refractivity contribution >= 4 is 22.1 Å². The number of alkyl halides is 3. The van der Waals surface area contributed by atoms with E-state index < -0.39 is 17.6 Å². The van der Waals surface area contributed by atoms with Gasteiger partial charge in [0.05, 0.1) is 17.8 Å². The number of benzene rings is 4. The SMILES string of the molecule is CC(NCCC1CN(c2ccc(F)c(C(F)(F)F)c2)c2ccccc2O1)c1cccc2ccccc12. The van der Waals surface area contributed by atoms with Crippen LogP contribution in [0.4, 0.5) is 28.9 Å². The fourth-order valence-electron chi connectivity index (χ4n) is 4.79. The van der Waals surface area contributed by atoms with Gasteiger partial charge in [-0.05, 0) is 66.6 Å². The predicted molar refractivity (Wildman–Crippen MR) is 134 cm³/mol. The van der Waals surface area contributed by atoms with E-state index in [4.69, 9.17) is 4.74 Å². The van der Waals surface area contributed by atoms with Gasteiger partial charge in [0.25, 0.3) is 0 Å². The first-order chi connectivity index (χ1) is 17.3. The third-order valence-electron chi connectivity index (χ3n) is 6.61. The number of nitrogens with one attached hydrogen (secondary N) is 1. The van der Waals surface area contributed by atoms with E-state index in [1.807, 2.05) is 24.3 Å². The lowest BCUT2D eigenvalue weighted by molar-refractivity contribution is -0.139. The molecule has 2 unspecified atom stereocenters. The van der Waals surface area contributed by atoms with Crippen LogP contribution in [0.15, 0.2) is 84.9 Å². The molecule has 1 N–H and O–H groups in total. The number of para-hydroxylation sites is 2. The van der Waals surface area contributed by atoms with Gasteiger partial charge in [0, 0.05) is 11.7 Å². The number of rotatable bonds is 6. The van der Waals surface area contributed by atoms with Gasteiger partial charge in [-0.3, -0.25) is 0 Å². The normalized spacial score (nSPS) is 16.5. The van der Waals surface area contributed by atoms with Crippen LogP contribution < -0.4 is 15.0 Å². The Morgan fingerprint density at radius 3 is 2.56 bits per heavy atom. The van der Waals surface area contributed by atoms with Crippen molar-refractivity contribution in [1.82, 2.24) is 5.32 Å². The molecule has 2 atom stereocenters. The van der Waals surface area contributed by atoms with E-state index in [1.54, 1.807) is 23.1 Å². The summed E-state index contributed by atoms with van der Waals surface area (Å²) in [6.07, 6.45) is -4.38. The molecule has 0 radical (unpaired) electrons. The molecular weight excluding hydrogens is 468 g/mol. The largest absolute Gasteiger partial charge is 0.486 e. The van der Waals surface area contributed by atoms with Gasteiger partial charge in [0.15, 0.2) is 0 Å². The van der Waals surface area contributed by atoms with Crippen molar-refractivity contribution in [2.75, 3.05) is 18.0 Å². The lowest BCUT2D eigenvalue weighted by Gasteiger charge is -2.37. The number of fused-ring (bicyclic) bond motifs is 2. The fourth-order valence-corrected chi connectivity index (χ4v) is 4.79. The molecule has 0 saturated carbocycles. The maximum absolute atomic E-state index is 13.9. The van der Waals surface area contributed by atoms with E-state index in [0.717, 1.165) is 12.1 Å². The van der Waals surface area contributed by atoms with Gasteiger partial charge in [-0.15, -0.1) is 0 Å². The van der Waals surface area contributed by atoms with Crippen LogP contribution in [0.5, 0.6) is 5.75 Å². The molecule has 0 aromatic heterocycles. The third kappa shape index (κ3) is 4.88. The molecule has 3 nitrogen and oxygen atoms in total. The molecule has 4 aromatic carbocycles. The van der Waals surface area contributed by atoms with Crippen LogP contribution in [0.3, 0.4) is 0 Å². The Labute approximate surface area is 207 Å². The summed E-state index contributed by atoms with van der Waals surface area (Å²) in [5.41, 5.74) is 0.869. The molecule has 0 bridgehead atoms. The highest BCUT2D eigenvalue weighted by atomic mass is 19.4. The predicted octanol–water partition coefficient (Wildman–Crippen LogP) is 7.64. The minimum absolute atomic E-state index is 0.106. The van der Waals surface area contributed by atoms with Crippen molar-refractivity contribution in [2.24, 2.45) is 0 Å². The van der Waals surface area contributed by atoms with Gasteiger partial charge < -0.3 is 15.0 Å². The molecule has 0 spiro atoms. The van der Waals surface area contributed by atoms with Crippen molar-refractivity contribution in [3.8, 4) is 5.75 Å². The van der Waals surface area contributed by atoms with E-state index >= 15 is 0 Å². The molecular formula is C29H26F4N2O. The number of hydrogen-bond donors (Lipinski definition) is 1. The molecule has 1 heterocycles. The number of ether oxygens (including phenoxy) is 1. The minimum atomic E-state index is -4.77. The number of halogens is 4. The summed E-state index contributed by atoms with van der Waals surface area (Å²) >= 11 is 0. The highest BCUT2D eigenvalue weighted by Crippen LogP contribution is 2.41. The monoisotopic (exact) mass is 494 g/mol. The van der Waals surface area contributed by atoms with Gasteiger partial charge in [-0.1, -0.05) is 54.6 Å². The Morgan fingerprint density at radius 1 is 0.972 bits per heavy atom. The van der Waals surface area contributed by atoms with Crippen molar-refractivity contribution in [3.63, 3.8) is 0 Å². The number of hydrogen-bond acceptors (Lipinski definition) is 3. The summed E-state index contributed by atoms with van der Waals surface area (Å²) in [4.78, 5) is 1.77. The number of nitrogens with zero attached hydrogens (tertiary/aromatic N) is 1. The van der Waals surface area contributed by atoms with Gasteiger partial charge in [-0.25, -0.2) is 4.39 Å². The molecule has 1 aliphatic heterocycles. The molecule has 186 valence electrons. The average molecular weight is 495 g/mol. The van der Waals surface area contributed by atoms with Crippen LogP contribution in [0.1, 0.15) is 30.5 Å². The van der Waals surface area contributed by atoms with Crippen molar-refractivity contribution < 1.29 is 22.3 Å². The Morgan fingerprint density at radius 2 is 1.72 bits per heavy atom. The van der Waals surface area contributed by atoms with E-state index in [1.165, 1.54) is 22.4 Å². The smallest absolute Gasteiger partial charge is 0.419 e. The number of anilines is 2. The molecule has 7 heteroatoms. The Hall–Kier alpha value is -3.58. The topological polar surface area (TPSA) is 24.5 Å². The summed E-state index contributed by atoms with van der Waals surface area (Å²) < 4.78 is 60.2. The van der Waals surface area contributed by atoms with Crippen LogP contribution in [-0.4, -0.2) is 19.2 Å². The maximum Gasteiger partial charge on any atom is 0.419 e. The van der Waals surface area contributed by atoms with Gasteiger partial charge in [0.2, 0.25) is 0 Å². The van der Waals surface area contributed by atoms with Crippen LogP contribution >= 0.6 is 0 Å². The summed E-state index contributed by atoms with van der Waals surface area (Å²) in [7, 11) is 0. The summed E-state index contributed by atoms with van der Waals surface area (Å²) in [6, 6.07) is 25.0. The molecule has 4 aromatic rings. The van der Waals surface area contributed by atoms with Gasteiger partial charge in [0.1, 0.15) is 17.7 Å². The zero-order valence-electron chi connectivity index (χ0n) is 19.7.